The summed E-state index contributed by atoms with van der Waals surface area (Å²) in [7, 11) is 0. The number of amides is 1. The monoisotopic (exact) mass is 272 g/mol. The first-order valence-corrected chi connectivity index (χ1v) is 6.76. The Morgan fingerprint density at radius 3 is 2.65 bits per heavy atom. The molecule has 1 fully saturated rings. The minimum absolute atomic E-state index is 0.0233. The minimum Gasteiger partial charge on any atom is -0.343 e. The number of likely N-dealkylation sites (tertiary alicyclic amines) is 1. The summed E-state index contributed by atoms with van der Waals surface area (Å²) in [6, 6.07) is 7.25. The normalized spacial score (nSPS) is 16.6. The number of carbonyl (C=O) groups excluding carboxylic acids is 1. The number of hydrogen-bond acceptors (Lipinski definition) is 4. The summed E-state index contributed by atoms with van der Waals surface area (Å²) < 4.78 is 1.47. The van der Waals surface area contributed by atoms with Gasteiger partial charge >= 0.3 is 0 Å². The number of nitrogens with zero attached hydrogens (tertiary/aromatic N) is 4. The van der Waals surface area contributed by atoms with Crippen molar-refractivity contribution in [2.45, 2.75) is 25.8 Å². The highest BCUT2D eigenvalue weighted by molar-refractivity contribution is 5.76. The molecule has 2 heterocycles. The van der Waals surface area contributed by atoms with Crippen LogP contribution in [0.1, 0.15) is 25.8 Å². The van der Waals surface area contributed by atoms with E-state index < -0.39 is 0 Å². The predicted octanol–water partition coefficient (Wildman–Crippen LogP) is 0.975. The van der Waals surface area contributed by atoms with Gasteiger partial charge in [-0.15, -0.1) is 5.10 Å². The van der Waals surface area contributed by atoms with Gasteiger partial charge in [-0.2, -0.15) is 0 Å². The number of rotatable bonds is 1. The molecule has 1 aliphatic rings. The lowest BCUT2D eigenvalue weighted by Gasteiger charge is -2.31. The molecule has 6 heteroatoms. The van der Waals surface area contributed by atoms with Gasteiger partial charge in [-0.3, -0.25) is 9.59 Å². The third-order valence-electron chi connectivity index (χ3n) is 3.85. The van der Waals surface area contributed by atoms with Crippen molar-refractivity contribution in [2.24, 2.45) is 0 Å². The Labute approximate surface area is 116 Å². The van der Waals surface area contributed by atoms with Crippen LogP contribution in [0.5, 0.6) is 0 Å². The maximum atomic E-state index is 12.4. The molecule has 0 bridgehead atoms. The summed E-state index contributed by atoms with van der Waals surface area (Å²) in [5.41, 5.74) is 0.520. The highest BCUT2D eigenvalue weighted by atomic mass is 16.2. The Bertz CT molecular complexity index is 702. The number of piperidine rings is 1. The van der Waals surface area contributed by atoms with Crippen molar-refractivity contribution >= 4 is 16.8 Å². The van der Waals surface area contributed by atoms with Gasteiger partial charge in [0.25, 0.3) is 5.56 Å². The summed E-state index contributed by atoms with van der Waals surface area (Å²) in [5.74, 6) is 0.0837. The van der Waals surface area contributed by atoms with E-state index in [1.807, 2.05) is 12.1 Å². The molecular weight excluding hydrogens is 256 g/mol. The molecule has 0 unspecified atom stereocenters. The molecular formula is C14H16N4O2. The largest absolute Gasteiger partial charge is 0.343 e. The third-order valence-corrected chi connectivity index (χ3v) is 3.85. The van der Waals surface area contributed by atoms with Crippen LogP contribution in [0.25, 0.3) is 10.9 Å². The number of aromatic nitrogens is 3. The second kappa shape index (κ2) is 5.03. The van der Waals surface area contributed by atoms with Crippen LogP contribution in [-0.2, 0) is 4.79 Å². The Morgan fingerprint density at radius 1 is 1.25 bits per heavy atom. The second-order valence-electron chi connectivity index (χ2n) is 5.09. The van der Waals surface area contributed by atoms with Crippen molar-refractivity contribution in [1.82, 2.24) is 19.9 Å². The number of fused-ring (bicyclic) bond motifs is 1. The molecule has 104 valence electrons. The highest BCUT2D eigenvalue weighted by Crippen LogP contribution is 2.20. The van der Waals surface area contributed by atoms with E-state index in [0.717, 1.165) is 12.8 Å². The lowest BCUT2D eigenvalue weighted by atomic mass is 10.1. The van der Waals surface area contributed by atoms with Gasteiger partial charge in [-0.05, 0) is 25.0 Å². The van der Waals surface area contributed by atoms with E-state index in [1.54, 1.807) is 24.0 Å². The molecule has 1 aromatic carbocycles. The molecule has 2 aromatic rings. The van der Waals surface area contributed by atoms with Crippen LogP contribution in [0.4, 0.5) is 0 Å². The van der Waals surface area contributed by atoms with Crippen LogP contribution in [0.15, 0.2) is 29.1 Å². The fourth-order valence-electron chi connectivity index (χ4n) is 2.67. The molecule has 0 atom stereocenters. The van der Waals surface area contributed by atoms with Gasteiger partial charge in [-0.1, -0.05) is 17.3 Å². The summed E-state index contributed by atoms with van der Waals surface area (Å²) in [5, 5.41) is 8.75. The smallest absolute Gasteiger partial charge is 0.277 e. The van der Waals surface area contributed by atoms with Crippen LogP contribution in [0.3, 0.4) is 0 Å². The van der Waals surface area contributed by atoms with Gasteiger partial charge < -0.3 is 4.90 Å². The lowest BCUT2D eigenvalue weighted by Crippen LogP contribution is -2.40. The average Bonchev–Trinajstić information content (AvgIpc) is 2.48. The first-order valence-electron chi connectivity index (χ1n) is 6.76. The van der Waals surface area contributed by atoms with Crippen LogP contribution >= 0.6 is 0 Å². The highest BCUT2D eigenvalue weighted by Gasteiger charge is 2.24. The molecule has 1 amide bonds. The van der Waals surface area contributed by atoms with Crippen molar-refractivity contribution in [2.75, 3.05) is 13.1 Å². The third kappa shape index (κ3) is 2.17. The van der Waals surface area contributed by atoms with Crippen molar-refractivity contribution in [1.29, 1.82) is 0 Å². The maximum absolute atomic E-state index is 12.4. The van der Waals surface area contributed by atoms with E-state index >= 15 is 0 Å². The fourth-order valence-corrected chi connectivity index (χ4v) is 2.67. The van der Waals surface area contributed by atoms with Gasteiger partial charge in [0.15, 0.2) is 0 Å². The second-order valence-corrected chi connectivity index (χ2v) is 5.09. The van der Waals surface area contributed by atoms with Gasteiger partial charge in [0.1, 0.15) is 5.52 Å². The van der Waals surface area contributed by atoms with E-state index in [9.17, 15) is 9.59 Å². The first kappa shape index (κ1) is 12.8. The summed E-state index contributed by atoms with van der Waals surface area (Å²) in [4.78, 5) is 25.5. The van der Waals surface area contributed by atoms with Gasteiger partial charge in [0.05, 0.1) is 11.4 Å². The zero-order chi connectivity index (χ0) is 14.1. The van der Waals surface area contributed by atoms with Crippen LogP contribution < -0.4 is 5.56 Å². The Hall–Kier alpha value is -2.24. The van der Waals surface area contributed by atoms with Crippen molar-refractivity contribution in [3.05, 3.63) is 34.6 Å². The van der Waals surface area contributed by atoms with Gasteiger partial charge in [0.2, 0.25) is 5.91 Å². The Kier molecular flexibility index (Phi) is 3.22. The number of hydrogen-bond donors (Lipinski definition) is 0. The fraction of sp³-hybridized carbons (Fsp3) is 0.429. The van der Waals surface area contributed by atoms with E-state index in [1.165, 1.54) is 4.68 Å². The molecule has 1 aromatic heterocycles. The minimum atomic E-state index is -0.100. The summed E-state index contributed by atoms with van der Waals surface area (Å²) in [6.07, 6.45) is 1.49. The molecule has 3 rings (SSSR count). The van der Waals surface area contributed by atoms with E-state index in [-0.39, 0.29) is 17.5 Å². The average molecular weight is 272 g/mol. The Morgan fingerprint density at radius 2 is 1.95 bits per heavy atom. The molecule has 1 saturated heterocycles. The molecule has 0 spiro atoms. The maximum Gasteiger partial charge on any atom is 0.277 e. The lowest BCUT2D eigenvalue weighted by molar-refractivity contribution is -0.130. The zero-order valence-corrected chi connectivity index (χ0v) is 11.3. The molecule has 0 N–H and O–H groups in total. The molecule has 0 radical (unpaired) electrons. The first-order chi connectivity index (χ1) is 9.66. The standard InChI is InChI=1S/C14H16N4O2/c1-10(19)17-8-6-11(7-9-17)18-14(20)12-4-2-3-5-13(12)15-16-18/h2-5,11H,6-9H2,1H3. The zero-order valence-electron chi connectivity index (χ0n) is 11.3. The SMILES string of the molecule is CC(=O)N1CCC(n2nnc3ccccc3c2=O)CC1. The van der Waals surface area contributed by atoms with Crippen LogP contribution in [0, 0.1) is 0 Å². The summed E-state index contributed by atoms with van der Waals surface area (Å²) >= 11 is 0. The van der Waals surface area contributed by atoms with Crippen molar-refractivity contribution in [3.63, 3.8) is 0 Å². The molecule has 1 aliphatic heterocycles. The predicted molar refractivity (Wildman–Crippen MR) is 74.3 cm³/mol. The quantitative estimate of drug-likeness (QED) is 0.776. The van der Waals surface area contributed by atoms with E-state index in [2.05, 4.69) is 10.3 Å². The van der Waals surface area contributed by atoms with Crippen molar-refractivity contribution in [3.8, 4) is 0 Å². The topological polar surface area (TPSA) is 68.1 Å². The van der Waals surface area contributed by atoms with Gasteiger partial charge in [-0.25, -0.2) is 4.68 Å². The Balaban J connectivity index is 1.90. The molecule has 0 saturated carbocycles. The number of benzene rings is 1. The van der Waals surface area contributed by atoms with E-state index in [0.29, 0.717) is 24.0 Å². The van der Waals surface area contributed by atoms with Gasteiger partial charge in [0, 0.05) is 20.0 Å². The van der Waals surface area contributed by atoms with Crippen molar-refractivity contribution < 1.29 is 4.79 Å². The van der Waals surface area contributed by atoms with E-state index in [4.69, 9.17) is 0 Å². The number of carbonyl (C=O) groups is 1. The van der Waals surface area contributed by atoms with Crippen LogP contribution in [-0.4, -0.2) is 38.9 Å². The summed E-state index contributed by atoms with van der Waals surface area (Å²) in [6.45, 7) is 2.91. The van der Waals surface area contributed by atoms with Crippen LogP contribution in [0.2, 0.25) is 0 Å². The molecule has 6 nitrogen and oxygen atoms in total. The molecule has 20 heavy (non-hydrogen) atoms. The molecule has 0 aliphatic carbocycles.